The lowest BCUT2D eigenvalue weighted by atomic mass is 10.1. The zero-order valence-corrected chi connectivity index (χ0v) is 11.9. The average Bonchev–Trinajstić information content (AvgIpc) is 2.98. The lowest BCUT2D eigenvalue weighted by Gasteiger charge is -2.11. The molecule has 1 aromatic rings. The molecule has 0 radical (unpaired) electrons. The van der Waals surface area contributed by atoms with Crippen LogP contribution in [0.5, 0.6) is 0 Å². The van der Waals surface area contributed by atoms with E-state index < -0.39 is 0 Å². The highest BCUT2D eigenvalue weighted by molar-refractivity contribution is 5.39. The normalized spacial score (nSPS) is 16.6. The molecule has 1 saturated carbocycles. The predicted molar refractivity (Wildman–Crippen MR) is 76.8 cm³/mol. The molecule has 0 spiro atoms. The minimum Gasteiger partial charge on any atom is -0.384 e. The molecule has 0 aliphatic heterocycles. The van der Waals surface area contributed by atoms with Crippen LogP contribution < -0.4 is 5.73 Å². The molecule has 0 bridgehead atoms. The first-order valence-electron chi connectivity index (χ1n) is 7.62. The van der Waals surface area contributed by atoms with E-state index in [1.807, 2.05) is 0 Å². The van der Waals surface area contributed by atoms with Gasteiger partial charge in [0.2, 0.25) is 0 Å². The molecule has 0 amide bonds. The number of hydrogen-bond acceptors (Lipinski definition) is 2. The summed E-state index contributed by atoms with van der Waals surface area (Å²) in [5, 5.41) is 0. The van der Waals surface area contributed by atoms with Crippen molar-refractivity contribution in [1.29, 1.82) is 0 Å². The van der Waals surface area contributed by atoms with Gasteiger partial charge in [-0.2, -0.15) is 0 Å². The Morgan fingerprint density at radius 3 is 2.56 bits per heavy atom. The van der Waals surface area contributed by atoms with Crippen molar-refractivity contribution in [2.24, 2.45) is 0 Å². The highest BCUT2D eigenvalue weighted by atomic mass is 15.1. The smallest absolute Gasteiger partial charge is 0.126 e. The molecule has 3 nitrogen and oxygen atoms in total. The van der Waals surface area contributed by atoms with Gasteiger partial charge in [0.1, 0.15) is 11.6 Å². The highest BCUT2D eigenvalue weighted by Crippen LogP contribution is 2.35. The van der Waals surface area contributed by atoms with Crippen LogP contribution in [0.4, 0.5) is 5.82 Å². The van der Waals surface area contributed by atoms with E-state index in [9.17, 15) is 0 Å². The molecule has 0 aromatic carbocycles. The molecule has 1 fully saturated rings. The molecule has 1 aliphatic carbocycles. The second-order valence-electron chi connectivity index (χ2n) is 5.48. The standard InChI is InChI=1S/C15H27N3/c1-3-5-6-11-13-14(16)18(4-2)15(17-13)12-9-7-8-10-12/h12H,3-11,16H2,1-2H3. The monoisotopic (exact) mass is 249 g/mol. The van der Waals surface area contributed by atoms with Crippen molar-refractivity contribution in [3.8, 4) is 0 Å². The van der Waals surface area contributed by atoms with E-state index >= 15 is 0 Å². The van der Waals surface area contributed by atoms with Crippen LogP contribution in [0.2, 0.25) is 0 Å². The largest absolute Gasteiger partial charge is 0.384 e. The quantitative estimate of drug-likeness (QED) is 0.778. The Balaban J connectivity index is 2.15. The van der Waals surface area contributed by atoms with Gasteiger partial charge in [-0.1, -0.05) is 32.6 Å². The molecule has 1 aliphatic rings. The van der Waals surface area contributed by atoms with Crippen LogP contribution in [0.25, 0.3) is 0 Å². The van der Waals surface area contributed by atoms with Crippen LogP contribution in [0, 0.1) is 0 Å². The molecule has 102 valence electrons. The molecule has 0 saturated heterocycles. The number of aromatic nitrogens is 2. The SMILES string of the molecule is CCCCCc1nc(C2CCCC2)n(CC)c1N. The van der Waals surface area contributed by atoms with Crippen LogP contribution >= 0.6 is 0 Å². The Morgan fingerprint density at radius 2 is 1.94 bits per heavy atom. The van der Waals surface area contributed by atoms with Gasteiger partial charge >= 0.3 is 0 Å². The number of nitrogens with two attached hydrogens (primary N) is 1. The van der Waals surface area contributed by atoms with E-state index in [-0.39, 0.29) is 0 Å². The van der Waals surface area contributed by atoms with Crippen molar-refractivity contribution in [2.45, 2.75) is 77.7 Å². The number of aryl methyl sites for hydroxylation is 1. The fourth-order valence-corrected chi connectivity index (χ4v) is 3.09. The van der Waals surface area contributed by atoms with Gasteiger partial charge in [0.05, 0.1) is 5.69 Å². The fourth-order valence-electron chi connectivity index (χ4n) is 3.09. The first-order valence-corrected chi connectivity index (χ1v) is 7.62. The van der Waals surface area contributed by atoms with Crippen molar-refractivity contribution < 1.29 is 0 Å². The van der Waals surface area contributed by atoms with Crippen molar-refractivity contribution in [1.82, 2.24) is 9.55 Å². The van der Waals surface area contributed by atoms with Gasteiger partial charge in [0.15, 0.2) is 0 Å². The Morgan fingerprint density at radius 1 is 1.22 bits per heavy atom. The summed E-state index contributed by atoms with van der Waals surface area (Å²) >= 11 is 0. The van der Waals surface area contributed by atoms with Crippen molar-refractivity contribution >= 4 is 5.82 Å². The van der Waals surface area contributed by atoms with E-state index in [4.69, 9.17) is 10.7 Å². The van der Waals surface area contributed by atoms with Gasteiger partial charge in [-0.3, -0.25) is 0 Å². The number of nitrogen functional groups attached to an aromatic ring is 1. The molecule has 0 unspecified atom stereocenters. The third kappa shape index (κ3) is 2.70. The van der Waals surface area contributed by atoms with Crippen LogP contribution in [-0.2, 0) is 13.0 Å². The second-order valence-corrected chi connectivity index (χ2v) is 5.48. The predicted octanol–water partition coefficient (Wildman–Crippen LogP) is 3.88. The molecule has 3 heteroatoms. The number of nitrogens with zero attached hydrogens (tertiary/aromatic N) is 2. The maximum Gasteiger partial charge on any atom is 0.126 e. The Kier molecular flexibility index (Phi) is 4.67. The van der Waals surface area contributed by atoms with E-state index in [1.165, 1.54) is 50.8 Å². The number of unbranched alkanes of at least 4 members (excludes halogenated alkanes) is 2. The van der Waals surface area contributed by atoms with Crippen molar-refractivity contribution in [3.63, 3.8) is 0 Å². The first kappa shape index (κ1) is 13.4. The van der Waals surface area contributed by atoms with Gasteiger partial charge in [0.25, 0.3) is 0 Å². The average molecular weight is 249 g/mol. The summed E-state index contributed by atoms with van der Waals surface area (Å²) in [5.41, 5.74) is 7.41. The molecule has 2 rings (SSSR count). The van der Waals surface area contributed by atoms with Gasteiger partial charge in [-0.15, -0.1) is 0 Å². The summed E-state index contributed by atoms with van der Waals surface area (Å²) in [4.78, 5) is 4.87. The number of rotatable bonds is 6. The fraction of sp³-hybridized carbons (Fsp3) is 0.800. The molecular weight excluding hydrogens is 222 g/mol. The molecular formula is C15H27N3. The Labute approximate surface area is 111 Å². The molecule has 18 heavy (non-hydrogen) atoms. The molecule has 1 aromatic heterocycles. The Bertz CT molecular complexity index is 375. The van der Waals surface area contributed by atoms with Crippen LogP contribution in [0.3, 0.4) is 0 Å². The summed E-state index contributed by atoms with van der Waals surface area (Å²) in [6, 6.07) is 0. The molecule has 1 heterocycles. The molecule has 2 N–H and O–H groups in total. The van der Waals surface area contributed by atoms with E-state index in [1.54, 1.807) is 0 Å². The topological polar surface area (TPSA) is 43.8 Å². The summed E-state index contributed by atoms with van der Waals surface area (Å²) in [5.74, 6) is 2.85. The lowest BCUT2D eigenvalue weighted by molar-refractivity contribution is 0.603. The third-order valence-corrected chi connectivity index (χ3v) is 4.17. The van der Waals surface area contributed by atoms with Gasteiger partial charge in [-0.05, 0) is 32.6 Å². The van der Waals surface area contributed by atoms with Crippen molar-refractivity contribution in [2.75, 3.05) is 5.73 Å². The highest BCUT2D eigenvalue weighted by Gasteiger charge is 2.24. The Hall–Kier alpha value is -0.990. The lowest BCUT2D eigenvalue weighted by Crippen LogP contribution is -2.08. The molecule has 0 atom stereocenters. The maximum absolute atomic E-state index is 6.26. The van der Waals surface area contributed by atoms with E-state index in [0.717, 1.165) is 24.5 Å². The van der Waals surface area contributed by atoms with Crippen LogP contribution in [-0.4, -0.2) is 9.55 Å². The summed E-state index contributed by atoms with van der Waals surface area (Å²) in [6.07, 6.45) is 10.1. The maximum atomic E-state index is 6.26. The minimum absolute atomic E-state index is 0.659. The summed E-state index contributed by atoms with van der Waals surface area (Å²) in [6.45, 7) is 5.36. The minimum atomic E-state index is 0.659. The number of anilines is 1. The van der Waals surface area contributed by atoms with Gasteiger partial charge in [-0.25, -0.2) is 4.98 Å². The second kappa shape index (κ2) is 6.26. The van der Waals surface area contributed by atoms with Crippen LogP contribution in [0.15, 0.2) is 0 Å². The zero-order valence-electron chi connectivity index (χ0n) is 11.9. The van der Waals surface area contributed by atoms with E-state index in [2.05, 4.69) is 18.4 Å². The van der Waals surface area contributed by atoms with Gasteiger partial charge in [0, 0.05) is 12.5 Å². The number of hydrogen-bond donors (Lipinski definition) is 1. The third-order valence-electron chi connectivity index (χ3n) is 4.17. The first-order chi connectivity index (χ1) is 8.77. The summed E-state index contributed by atoms with van der Waals surface area (Å²) in [7, 11) is 0. The van der Waals surface area contributed by atoms with Crippen molar-refractivity contribution in [3.05, 3.63) is 11.5 Å². The van der Waals surface area contributed by atoms with Crippen LogP contribution in [0.1, 0.15) is 76.2 Å². The number of imidazole rings is 1. The zero-order chi connectivity index (χ0) is 13.0. The van der Waals surface area contributed by atoms with Gasteiger partial charge < -0.3 is 10.3 Å². The van der Waals surface area contributed by atoms with E-state index in [0.29, 0.717) is 5.92 Å². The summed E-state index contributed by atoms with van der Waals surface area (Å²) < 4.78 is 2.25.